The molecule has 1 aromatic carbocycles. The minimum atomic E-state index is -0.540. The molecule has 1 fully saturated rings. The maximum absolute atomic E-state index is 12.8. The number of hydrogen-bond acceptors (Lipinski definition) is 6. The first kappa shape index (κ1) is 24.4. The number of aromatic nitrogens is 4. The molecule has 0 bridgehead atoms. The molecule has 10 nitrogen and oxygen atoms in total. The van der Waals surface area contributed by atoms with Gasteiger partial charge in [0.1, 0.15) is 12.4 Å². The summed E-state index contributed by atoms with van der Waals surface area (Å²) in [6.07, 6.45) is 3.09. The van der Waals surface area contributed by atoms with E-state index in [1.54, 1.807) is 9.47 Å². The Labute approximate surface area is 202 Å². The maximum atomic E-state index is 12.8. The number of aryl methyl sites for hydroxylation is 1. The first-order valence-corrected chi connectivity index (χ1v) is 12.1. The molecule has 3 heterocycles. The fourth-order valence-corrected chi connectivity index (χ4v) is 4.51. The van der Waals surface area contributed by atoms with Crippen LogP contribution in [-0.4, -0.2) is 49.0 Å². The number of unbranched alkanes of at least 4 members (excludes halogenated alkanes) is 1. The van der Waals surface area contributed by atoms with Crippen molar-refractivity contribution < 1.29 is 14.3 Å². The van der Waals surface area contributed by atoms with E-state index in [1.807, 2.05) is 37.3 Å². The molecule has 1 amide bonds. The van der Waals surface area contributed by atoms with E-state index in [4.69, 9.17) is 4.74 Å². The number of amides is 1. The summed E-state index contributed by atoms with van der Waals surface area (Å²) >= 11 is 0. The van der Waals surface area contributed by atoms with Crippen molar-refractivity contribution in [3.8, 4) is 0 Å². The number of rotatable bonds is 8. The molecule has 3 aromatic rings. The van der Waals surface area contributed by atoms with Gasteiger partial charge in [-0.1, -0.05) is 43.7 Å². The summed E-state index contributed by atoms with van der Waals surface area (Å²) in [5.41, 5.74) is 0.401. The largest absolute Gasteiger partial charge is 0.457 e. The smallest absolute Gasteiger partial charge is 0.330 e. The van der Waals surface area contributed by atoms with Gasteiger partial charge in [-0.05, 0) is 24.8 Å². The van der Waals surface area contributed by atoms with Crippen molar-refractivity contribution in [1.82, 2.24) is 24.0 Å². The normalized spacial score (nSPS) is 15.9. The molecule has 0 radical (unpaired) electrons. The number of likely N-dealkylation sites (tertiary alicyclic amines) is 1. The molecule has 1 atom stereocenters. The third-order valence-electron chi connectivity index (χ3n) is 6.43. The van der Waals surface area contributed by atoms with E-state index in [-0.39, 0.29) is 36.6 Å². The summed E-state index contributed by atoms with van der Waals surface area (Å²) in [4.78, 5) is 58.7. The van der Waals surface area contributed by atoms with Crippen molar-refractivity contribution in [1.29, 1.82) is 0 Å². The highest BCUT2D eigenvalue weighted by atomic mass is 16.5. The third kappa shape index (κ3) is 5.36. The second-order valence-corrected chi connectivity index (χ2v) is 8.95. The lowest BCUT2D eigenvalue weighted by Gasteiger charge is -2.30. The van der Waals surface area contributed by atoms with Crippen LogP contribution in [0.25, 0.3) is 11.2 Å². The fourth-order valence-electron chi connectivity index (χ4n) is 4.51. The molecule has 4 rings (SSSR count). The summed E-state index contributed by atoms with van der Waals surface area (Å²) in [5.74, 6) is -0.417. The molecule has 0 unspecified atom stereocenters. The molecule has 1 N–H and O–H groups in total. The number of fused-ring (bicyclic) bond motifs is 1. The van der Waals surface area contributed by atoms with Gasteiger partial charge in [-0.3, -0.25) is 23.9 Å². The number of carbonyl (C=O) groups is 2. The summed E-state index contributed by atoms with van der Waals surface area (Å²) < 4.78 is 8.80. The lowest BCUT2D eigenvalue weighted by Crippen LogP contribution is -2.41. The van der Waals surface area contributed by atoms with E-state index in [0.29, 0.717) is 37.4 Å². The third-order valence-corrected chi connectivity index (χ3v) is 6.43. The van der Waals surface area contributed by atoms with E-state index < -0.39 is 11.2 Å². The molecule has 1 aliphatic heterocycles. The lowest BCUT2D eigenvalue weighted by molar-refractivity contribution is -0.153. The van der Waals surface area contributed by atoms with Crippen molar-refractivity contribution in [2.45, 2.75) is 59.2 Å². The maximum Gasteiger partial charge on any atom is 0.330 e. The number of nitrogens with one attached hydrogen (secondary N) is 1. The quantitative estimate of drug-likeness (QED) is 0.492. The summed E-state index contributed by atoms with van der Waals surface area (Å²) in [6.45, 7) is 5.17. The number of benzene rings is 1. The Morgan fingerprint density at radius 2 is 1.94 bits per heavy atom. The van der Waals surface area contributed by atoms with Crippen molar-refractivity contribution >= 4 is 23.0 Å². The van der Waals surface area contributed by atoms with Crippen LogP contribution < -0.4 is 11.2 Å². The van der Waals surface area contributed by atoms with Crippen LogP contribution in [0.4, 0.5) is 0 Å². The average molecular weight is 482 g/mol. The van der Waals surface area contributed by atoms with Gasteiger partial charge in [-0.25, -0.2) is 9.78 Å². The Morgan fingerprint density at radius 1 is 1.17 bits per heavy atom. The Balaban J connectivity index is 1.65. The molecule has 2 aromatic heterocycles. The number of H-pyrrole nitrogens is 1. The molecular formula is C25H31N5O5. The highest BCUT2D eigenvalue weighted by Gasteiger charge is 2.29. The second kappa shape index (κ2) is 10.7. The molecule has 186 valence electrons. The SMILES string of the molecule is CCCCn1c(COC(=O)[C@@H]2CCCN(C(C)=O)C2)nc2c1c(=O)[nH]c(=O)n2Cc1ccccc1. The zero-order chi connectivity index (χ0) is 24.9. The van der Waals surface area contributed by atoms with Crippen molar-refractivity contribution in [3.05, 3.63) is 62.6 Å². The number of aromatic amines is 1. The highest BCUT2D eigenvalue weighted by Crippen LogP contribution is 2.20. The van der Waals surface area contributed by atoms with E-state index in [1.165, 1.54) is 11.5 Å². The molecule has 35 heavy (non-hydrogen) atoms. The van der Waals surface area contributed by atoms with Gasteiger partial charge < -0.3 is 14.2 Å². The molecule has 0 aliphatic carbocycles. The first-order valence-electron chi connectivity index (χ1n) is 12.1. The number of ether oxygens (including phenoxy) is 1. The van der Waals surface area contributed by atoms with Gasteiger partial charge in [-0.2, -0.15) is 0 Å². The Morgan fingerprint density at radius 3 is 2.66 bits per heavy atom. The first-order chi connectivity index (χ1) is 16.9. The fraction of sp³-hybridized carbons (Fsp3) is 0.480. The lowest BCUT2D eigenvalue weighted by atomic mass is 9.98. The summed E-state index contributed by atoms with van der Waals surface area (Å²) in [7, 11) is 0. The topological polar surface area (TPSA) is 119 Å². The molecule has 10 heteroatoms. The van der Waals surface area contributed by atoms with E-state index in [2.05, 4.69) is 9.97 Å². The van der Waals surface area contributed by atoms with Crippen LogP contribution in [0.5, 0.6) is 0 Å². The van der Waals surface area contributed by atoms with Crippen molar-refractivity contribution in [2.75, 3.05) is 13.1 Å². The molecular weight excluding hydrogens is 450 g/mol. The number of carbonyl (C=O) groups excluding carboxylic acids is 2. The Hall–Kier alpha value is -3.69. The number of imidazole rings is 1. The van der Waals surface area contributed by atoms with Crippen LogP contribution in [-0.2, 0) is 34.0 Å². The number of nitrogens with zero attached hydrogens (tertiary/aromatic N) is 4. The van der Waals surface area contributed by atoms with Crippen molar-refractivity contribution in [3.63, 3.8) is 0 Å². The van der Waals surface area contributed by atoms with Gasteiger partial charge in [0.25, 0.3) is 5.56 Å². The predicted octanol–water partition coefficient (Wildman–Crippen LogP) is 2.04. The molecule has 0 spiro atoms. The van der Waals surface area contributed by atoms with Gasteiger partial charge >= 0.3 is 11.7 Å². The minimum Gasteiger partial charge on any atom is -0.457 e. The van der Waals surface area contributed by atoms with Gasteiger partial charge in [0, 0.05) is 26.6 Å². The minimum absolute atomic E-state index is 0.0560. The zero-order valence-corrected chi connectivity index (χ0v) is 20.2. The van der Waals surface area contributed by atoms with E-state index in [9.17, 15) is 19.2 Å². The highest BCUT2D eigenvalue weighted by molar-refractivity contribution is 5.77. The Bertz CT molecular complexity index is 1320. The standard InChI is InChI=1S/C25H31N5O5/c1-3-4-13-29-20(16-35-24(33)19-11-8-12-28(15-19)17(2)31)26-22-21(29)23(32)27-25(34)30(22)14-18-9-6-5-7-10-18/h5-7,9-10,19H,3-4,8,11-16H2,1-2H3,(H,27,32,34)/t19-/m1/s1. The van der Waals surface area contributed by atoms with Gasteiger partial charge in [0.2, 0.25) is 5.91 Å². The van der Waals surface area contributed by atoms with Gasteiger partial charge in [-0.15, -0.1) is 0 Å². The van der Waals surface area contributed by atoms with Crippen LogP contribution >= 0.6 is 0 Å². The number of hydrogen-bond donors (Lipinski definition) is 1. The number of piperidine rings is 1. The molecule has 1 saturated heterocycles. The summed E-state index contributed by atoms with van der Waals surface area (Å²) in [5, 5.41) is 0. The van der Waals surface area contributed by atoms with Gasteiger partial charge in [0.15, 0.2) is 11.2 Å². The van der Waals surface area contributed by atoms with Gasteiger partial charge in [0.05, 0.1) is 12.5 Å². The monoisotopic (exact) mass is 481 g/mol. The molecule has 1 aliphatic rings. The van der Waals surface area contributed by atoms with Crippen LogP contribution in [0, 0.1) is 5.92 Å². The van der Waals surface area contributed by atoms with Crippen LogP contribution in [0.2, 0.25) is 0 Å². The number of esters is 1. The van der Waals surface area contributed by atoms with E-state index >= 15 is 0 Å². The predicted molar refractivity (Wildman–Crippen MR) is 130 cm³/mol. The average Bonchev–Trinajstić information content (AvgIpc) is 3.23. The Kier molecular flexibility index (Phi) is 7.48. The molecule has 0 saturated carbocycles. The van der Waals surface area contributed by atoms with E-state index in [0.717, 1.165) is 24.8 Å². The van der Waals surface area contributed by atoms with Crippen LogP contribution in [0.15, 0.2) is 39.9 Å². The second-order valence-electron chi connectivity index (χ2n) is 8.95. The van der Waals surface area contributed by atoms with Crippen LogP contribution in [0.3, 0.4) is 0 Å². The zero-order valence-electron chi connectivity index (χ0n) is 20.2. The van der Waals surface area contributed by atoms with Crippen molar-refractivity contribution in [2.24, 2.45) is 5.92 Å². The van der Waals surface area contributed by atoms with Crippen LogP contribution in [0.1, 0.15) is 50.9 Å². The summed E-state index contributed by atoms with van der Waals surface area (Å²) in [6, 6.07) is 9.45.